The molecule has 1 atom stereocenters. The summed E-state index contributed by atoms with van der Waals surface area (Å²) < 4.78 is 5.50. The molecule has 0 aromatic rings. The number of ether oxygens (including phenoxy) is 1. The zero-order valence-electron chi connectivity index (χ0n) is 12.1. The Morgan fingerprint density at radius 2 is 1.50 bits per heavy atom. The SMILES string of the molecule is O=C(OC1CCCCC1)C(Br)CC(=O)C1CCCCC1. The lowest BCUT2D eigenvalue weighted by Crippen LogP contribution is -2.29. The lowest BCUT2D eigenvalue weighted by molar-refractivity contribution is -0.150. The Kier molecular flexibility index (Phi) is 6.53. The van der Waals surface area contributed by atoms with Gasteiger partial charge in [0.05, 0.1) is 0 Å². The molecule has 20 heavy (non-hydrogen) atoms. The molecule has 0 amide bonds. The molecule has 0 radical (unpaired) electrons. The van der Waals surface area contributed by atoms with Crippen LogP contribution in [0.15, 0.2) is 0 Å². The number of esters is 1. The molecule has 0 spiro atoms. The van der Waals surface area contributed by atoms with Crippen LogP contribution in [0.2, 0.25) is 0 Å². The zero-order valence-corrected chi connectivity index (χ0v) is 13.7. The first kappa shape index (κ1) is 16.0. The largest absolute Gasteiger partial charge is 0.462 e. The summed E-state index contributed by atoms with van der Waals surface area (Å²) in [6.07, 6.45) is 11.4. The Hall–Kier alpha value is -0.380. The molecule has 0 heterocycles. The van der Waals surface area contributed by atoms with Crippen molar-refractivity contribution in [3.63, 3.8) is 0 Å². The van der Waals surface area contributed by atoms with Crippen LogP contribution in [-0.4, -0.2) is 22.7 Å². The summed E-state index contributed by atoms with van der Waals surface area (Å²) in [5.74, 6) is 0.152. The predicted octanol–water partition coefficient (Wildman–Crippen LogP) is 4.17. The summed E-state index contributed by atoms with van der Waals surface area (Å²) in [6, 6.07) is 0. The number of carbonyl (C=O) groups is 2. The van der Waals surface area contributed by atoms with Crippen molar-refractivity contribution in [2.24, 2.45) is 5.92 Å². The Balaban J connectivity index is 1.73. The molecule has 0 aliphatic heterocycles. The first-order valence-electron chi connectivity index (χ1n) is 8.04. The van der Waals surface area contributed by atoms with Gasteiger partial charge in [0.2, 0.25) is 0 Å². The summed E-state index contributed by atoms with van der Waals surface area (Å²) >= 11 is 3.34. The molecular weight excluding hydrogens is 320 g/mol. The highest BCUT2D eigenvalue weighted by molar-refractivity contribution is 9.10. The van der Waals surface area contributed by atoms with E-state index in [1.54, 1.807) is 0 Å². The topological polar surface area (TPSA) is 43.4 Å². The highest BCUT2D eigenvalue weighted by atomic mass is 79.9. The van der Waals surface area contributed by atoms with Crippen molar-refractivity contribution < 1.29 is 14.3 Å². The van der Waals surface area contributed by atoms with Gasteiger partial charge < -0.3 is 4.74 Å². The Bertz CT molecular complexity index is 331. The molecule has 2 saturated carbocycles. The number of hydrogen-bond donors (Lipinski definition) is 0. The summed E-state index contributed by atoms with van der Waals surface area (Å²) in [5, 5.41) is 0. The van der Waals surface area contributed by atoms with E-state index in [0.29, 0.717) is 0 Å². The van der Waals surface area contributed by atoms with Gasteiger partial charge in [-0.3, -0.25) is 9.59 Å². The molecule has 0 aromatic carbocycles. The van der Waals surface area contributed by atoms with E-state index in [2.05, 4.69) is 15.9 Å². The molecule has 4 heteroatoms. The second-order valence-corrected chi connectivity index (χ2v) is 7.28. The smallest absolute Gasteiger partial charge is 0.320 e. The Labute approximate surface area is 130 Å². The predicted molar refractivity (Wildman–Crippen MR) is 81.9 cm³/mol. The van der Waals surface area contributed by atoms with Gasteiger partial charge in [-0.05, 0) is 38.5 Å². The van der Waals surface area contributed by atoms with Crippen molar-refractivity contribution in [1.29, 1.82) is 0 Å². The average Bonchev–Trinajstić information content (AvgIpc) is 2.49. The molecule has 0 N–H and O–H groups in total. The highest BCUT2D eigenvalue weighted by Crippen LogP contribution is 2.27. The van der Waals surface area contributed by atoms with E-state index in [-0.39, 0.29) is 30.2 Å². The van der Waals surface area contributed by atoms with E-state index in [1.165, 1.54) is 12.8 Å². The first-order chi connectivity index (χ1) is 9.66. The van der Waals surface area contributed by atoms with Crippen molar-refractivity contribution in [2.45, 2.75) is 81.6 Å². The van der Waals surface area contributed by atoms with Crippen molar-refractivity contribution >= 4 is 27.7 Å². The van der Waals surface area contributed by atoms with Crippen LogP contribution < -0.4 is 0 Å². The summed E-state index contributed by atoms with van der Waals surface area (Å²) in [6.45, 7) is 0. The molecule has 2 aliphatic carbocycles. The van der Waals surface area contributed by atoms with E-state index in [4.69, 9.17) is 4.74 Å². The fourth-order valence-corrected chi connectivity index (χ4v) is 3.70. The zero-order chi connectivity index (χ0) is 14.4. The van der Waals surface area contributed by atoms with Crippen LogP contribution in [0.3, 0.4) is 0 Å². The summed E-state index contributed by atoms with van der Waals surface area (Å²) in [7, 11) is 0. The van der Waals surface area contributed by atoms with E-state index in [9.17, 15) is 9.59 Å². The van der Waals surface area contributed by atoms with Crippen LogP contribution in [0, 0.1) is 5.92 Å². The molecule has 3 nitrogen and oxygen atoms in total. The van der Waals surface area contributed by atoms with Crippen LogP contribution in [0.4, 0.5) is 0 Å². The minimum absolute atomic E-state index is 0.0704. The fraction of sp³-hybridized carbons (Fsp3) is 0.875. The van der Waals surface area contributed by atoms with Gasteiger partial charge >= 0.3 is 5.97 Å². The van der Waals surface area contributed by atoms with Crippen LogP contribution in [0.5, 0.6) is 0 Å². The monoisotopic (exact) mass is 344 g/mol. The third kappa shape index (κ3) is 4.87. The van der Waals surface area contributed by atoms with Gasteiger partial charge in [0.15, 0.2) is 0 Å². The van der Waals surface area contributed by atoms with Gasteiger partial charge in [0.1, 0.15) is 16.7 Å². The lowest BCUT2D eigenvalue weighted by atomic mass is 9.85. The van der Waals surface area contributed by atoms with Gasteiger partial charge in [-0.15, -0.1) is 0 Å². The average molecular weight is 345 g/mol. The van der Waals surface area contributed by atoms with Crippen LogP contribution in [0.1, 0.15) is 70.6 Å². The van der Waals surface area contributed by atoms with Crippen LogP contribution in [0.25, 0.3) is 0 Å². The molecule has 2 fully saturated rings. The van der Waals surface area contributed by atoms with Crippen molar-refractivity contribution in [2.75, 3.05) is 0 Å². The number of rotatable bonds is 5. The maximum Gasteiger partial charge on any atom is 0.320 e. The number of hydrogen-bond acceptors (Lipinski definition) is 3. The number of alkyl halides is 1. The van der Waals surface area contributed by atoms with Gasteiger partial charge in [0.25, 0.3) is 0 Å². The third-order valence-corrected chi connectivity index (χ3v) is 5.23. The van der Waals surface area contributed by atoms with E-state index < -0.39 is 4.83 Å². The highest BCUT2D eigenvalue weighted by Gasteiger charge is 2.28. The number of carbonyl (C=O) groups excluding carboxylic acids is 2. The van der Waals surface area contributed by atoms with Crippen molar-refractivity contribution in [3.05, 3.63) is 0 Å². The number of Topliss-reactive ketones (excluding diaryl/α,β-unsaturated/α-hetero) is 1. The molecule has 0 bridgehead atoms. The van der Waals surface area contributed by atoms with Gasteiger partial charge in [0, 0.05) is 12.3 Å². The van der Waals surface area contributed by atoms with E-state index in [0.717, 1.165) is 51.4 Å². The molecule has 2 rings (SSSR count). The fourth-order valence-electron chi connectivity index (χ4n) is 3.27. The summed E-state index contributed by atoms with van der Waals surface area (Å²) in [4.78, 5) is 23.7. The molecule has 1 unspecified atom stereocenters. The molecule has 0 saturated heterocycles. The summed E-state index contributed by atoms with van der Waals surface area (Å²) in [5.41, 5.74) is 0. The second kappa shape index (κ2) is 8.16. The Morgan fingerprint density at radius 1 is 0.950 bits per heavy atom. The van der Waals surface area contributed by atoms with Crippen LogP contribution >= 0.6 is 15.9 Å². The van der Waals surface area contributed by atoms with Crippen molar-refractivity contribution in [1.82, 2.24) is 0 Å². The standard InChI is InChI=1S/C16H25BrO3/c17-14(11-15(18)12-7-3-1-4-8-12)16(19)20-13-9-5-2-6-10-13/h12-14H,1-11H2. The maximum absolute atomic E-state index is 12.2. The molecule has 0 aromatic heterocycles. The van der Waals surface area contributed by atoms with Gasteiger partial charge in [-0.2, -0.15) is 0 Å². The van der Waals surface area contributed by atoms with Gasteiger partial charge in [-0.25, -0.2) is 0 Å². The van der Waals surface area contributed by atoms with Crippen LogP contribution in [-0.2, 0) is 14.3 Å². The lowest BCUT2D eigenvalue weighted by Gasteiger charge is -2.24. The second-order valence-electron chi connectivity index (χ2n) is 6.17. The minimum atomic E-state index is -0.459. The minimum Gasteiger partial charge on any atom is -0.462 e. The third-order valence-electron chi connectivity index (χ3n) is 4.53. The molecular formula is C16H25BrO3. The molecule has 114 valence electrons. The quantitative estimate of drug-likeness (QED) is 0.555. The molecule has 2 aliphatic rings. The number of halogens is 1. The number of ketones is 1. The first-order valence-corrected chi connectivity index (χ1v) is 8.95. The van der Waals surface area contributed by atoms with Crippen molar-refractivity contribution in [3.8, 4) is 0 Å². The maximum atomic E-state index is 12.2. The van der Waals surface area contributed by atoms with Gasteiger partial charge in [-0.1, -0.05) is 41.6 Å². The van der Waals surface area contributed by atoms with E-state index in [1.807, 2.05) is 0 Å². The van der Waals surface area contributed by atoms with E-state index >= 15 is 0 Å². The normalized spacial score (nSPS) is 23.2. The Morgan fingerprint density at radius 3 is 2.10 bits per heavy atom.